The highest BCUT2D eigenvalue weighted by atomic mass is 32.1. The van der Waals surface area contributed by atoms with Crippen molar-refractivity contribution in [1.82, 2.24) is 15.5 Å². The first-order valence-corrected chi connectivity index (χ1v) is 10.0. The van der Waals surface area contributed by atoms with Crippen LogP contribution in [-0.4, -0.2) is 46.9 Å². The van der Waals surface area contributed by atoms with Crippen LogP contribution in [0.3, 0.4) is 0 Å². The van der Waals surface area contributed by atoms with Gasteiger partial charge < -0.3 is 15.0 Å². The maximum absolute atomic E-state index is 12.5. The molecule has 1 unspecified atom stereocenters. The van der Waals surface area contributed by atoms with Crippen LogP contribution in [0.1, 0.15) is 27.9 Å². The Labute approximate surface area is 180 Å². The van der Waals surface area contributed by atoms with E-state index in [9.17, 15) is 14.4 Å². The number of thiocarbonyl (C=S) groups is 1. The van der Waals surface area contributed by atoms with E-state index >= 15 is 0 Å². The average Bonchev–Trinajstić information content (AvgIpc) is 2.74. The molecule has 1 heterocycles. The second kappa shape index (κ2) is 9.98. The van der Waals surface area contributed by atoms with E-state index in [0.717, 1.165) is 11.1 Å². The van der Waals surface area contributed by atoms with Gasteiger partial charge in [-0.05, 0) is 36.8 Å². The molecule has 2 N–H and O–H groups in total. The maximum Gasteiger partial charge on any atom is 0.308 e. The van der Waals surface area contributed by atoms with Crippen molar-refractivity contribution in [2.24, 2.45) is 0 Å². The lowest BCUT2D eigenvalue weighted by Gasteiger charge is -2.36. The van der Waals surface area contributed by atoms with Crippen LogP contribution < -0.4 is 10.6 Å². The van der Waals surface area contributed by atoms with E-state index in [-0.39, 0.29) is 30.0 Å². The summed E-state index contributed by atoms with van der Waals surface area (Å²) >= 11 is 5.36. The molecule has 8 heteroatoms. The van der Waals surface area contributed by atoms with Crippen molar-refractivity contribution in [3.63, 3.8) is 0 Å². The first kappa shape index (κ1) is 21.4. The van der Waals surface area contributed by atoms with E-state index in [2.05, 4.69) is 10.6 Å². The van der Waals surface area contributed by atoms with Gasteiger partial charge in [0.05, 0.1) is 6.42 Å². The van der Waals surface area contributed by atoms with E-state index in [1.54, 1.807) is 17.0 Å². The van der Waals surface area contributed by atoms with Crippen molar-refractivity contribution < 1.29 is 19.1 Å². The monoisotopic (exact) mass is 425 g/mol. The van der Waals surface area contributed by atoms with Crippen LogP contribution in [0.5, 0.6) is 0 Å². The molecule has 156 valence electrons. The topological polar surface area (TPSA) is 87.7 Å². The minimum absolute atomic E-state index is 0.108. The second-order valence-electron chi connectivity index (χ2n) is 6.98. The van der Waals surface area contributed by atoms with E-state index in [4.69, 9.17) is 17.0 Å². The zero-order chi connectivity index (χ0) is 21.5. The molecule has 0 radical (unpaired) electrons. The molecule has 2 aromatic rings. The van der Waals surface area contributed by atoms with Gasteiger partial charge in [-0.1, -0.05) is 48.0 Å². The third kappa shape index (κ3) is 5.64. The third-order valence-corrected chi connectivity index (χ3v) is 5.07. The summed E-state index contributed by atoms with van der Waals surface area (Å²) in [5.74, 6) is -1.21. The Morgan fingerprint density at radius 3 is 2.57 bits per heavy atom. The number of hydrogen-bond acceptors (Lipinski definition) is 5. The van der Waals surface area contributed by atoms with E-state index in [0.29, 0.717) is 18.7 Å². The molecular formula is C22H23N3O4S. The predicted octanol–water partition coefficient (Wildman–Crippen LogP) is 1.94. The number of amides is 2. The molecule has 1 saturated heterocycles. The molecule has 0 bridgehead atoms. The van der Waals surface area contributed by atoms with Gasteiger partial charge in [-0.2, -0.15) is 0 Å². The number of ether oxygens (including phenoxy) is 1. The van der Waals surface area contributed by atoms with Crippen LogP contribution >= 0.6 is 12.2 Å². The van der Waals surface area contributed by atoms with Gasteiger partial charge in [0.2, 0.25) is 5.91 Å². The van der Waals surface area contributed by atoms with Crippen LogP contribution in [0.15, 0.2) is 54.6 Å². The van der Waals surface area contributed by atoms with Gasteiger partial charge in [0.1, 0.15) is 12.6 Å². The summed E-state index contributed by atoms with van der Waals surface area (Å²) < 4.78 is 5.29. The first-order valence-electron chi connectivity index (χ1n) is 9.60. The quantitative estimate of drug-likeness (QED) is 0.562. The van der Waals surface area contributed by atoms with Gasteiger partial charge in [0.15, 0.2) is 5.11 Å². The molecule has 1 fully saturated rings. The average molecular weight is 426 g/mol. The number of piperazine rings is 1. The number of benzene rings is 2. The minimum atomic E-state index is -0.840. The highest BCUT2D eigenvalue weighted by molar-refractivity contribution is 7.80. The lowest BCUT2D eigenvalue weighted by molar-refractivity contribution is -0.148. The number of nitrogens with zero attached hydrogens (tertiary/aromatic N) is 1. The number of carbonyl (C=O) groups is 3. The fourth-order valence-corrected chi connectivity index (χ4v) is 3.37. The van der Waals surface area contributed by atoms with E-state index in [1.165, 1.54) is 0 Å². The molecule has 2 aromatic carbocycles. The molecule has 2 amide bonds. The standard InChI is InChI=1S/C22H23N3O4S/c1-15-7-9-17(10-8-15)20(27)24-22(30)25-12-11-23-21(28)18(25)13-19(26)29-14-16-5-3-2-4-6-16/h2-10,18H,11-14H2,1H3,(H,23,28)(H,24,27,30). The SMILES string of the molecule is Cc1ccc(C(=O)NC(=S)N2CCNC(=O)C2CC(=O)OCc2ccccc2)cc1. The van der Waals surface area contributed by atoms with Crippen LogP contribution in [-0.2, 0) is 20.9 Å². The Hall–Kier alpha value is -3.26. The number of aryl methyl sites for hydroxylation is 1. The lowest BCUT2D eigenvalue weighted by atomic mass is 10.1. The minimum Gasteiger partial charge on any atom is -0.461 e. The van der Waals surface area contributed by atoms with Crippen molar-refractivity contribution in [2.75, 3.05) is 13.1 Å². The van der Waals surface area contributed by atoms with Crippen molar-refractivity contribution in [1.29, 1.82) is 0 Å². The Balaban J connectivity index is 1.61. The zero-order valence-electron chi connectivity index (χ0n) is 16.6. The summed E-state index contributed by atoms with van der Waals surface area (Å²) in [7, 11) is 0. The number of nitrogens with one attached hydrogen (secondary N) is 2. The van der Waals surface area contributed by atoms with Crippen LogP contribution in [0.2, 0.25) is 0 Å². The highest BCUT2D eigenvalue weighted by Gasteiger charge is 2.34. The van der Waals surface area contributed by atoms with Gasteiger partial charge in [0, 0.05) is 18.7 Å². The molecule has 0 aliphatic carbocycles. The number of rotatable bonds is 5. The van der Waals surface area contributed by atoms with Crippen molar-refractivity contribution in [3.8, 4) is 0 Å². The van der Waals surface area contributed by atoms with Crippen LogP contribution in [0.4, 0.5) is 0 Å². The molecule has 0 aromatic heterocycles. The smallest absolute Gasteiger partial charge is 0.308 e. The summed E-state index contributed by atoms with van der Waals surface area (Å²) in [6.07, 6.45) is -0.167. The molecule has 0 saturated carbocycles. The zero-order valence-corrected chi connectivity index (χ0v) is 17.4. The summed E-state index contributed by atoms with van der Waals surface area (Å²) in [5.41, 5.74) is 2.36. The normalized spacial score (nSPS) is 15.8. The summed E-state index contributed by atoms with van der Waals surface area (Å²) in [4.78, 5) is 38.7. The number of esters is 1. The first-order chi connectivity index (χ1) is 14.4. The molecule has 3 rings (SSSR count). The van der Waals surface area contributed by atoms with Crippen molar-refractivity contribution in [3.05, 3.63) is 71.3 Å². The van der Waals surface area contributed by atoms with Gasteiger partial charge in [-0.15, -0.1) is 0 Å². The number of carbonyl (C=O) groups excluding carboxylic acids is 3. The lowest BCUT2D eigenvalue weighted by Crippen LogP contribution is -2.60. The fourth-order valence-electron chi connectivity index (χ4n) is 3.06. The van der Waals surface area contributed by atoms with Crippen LogP contribution in [0.25, 0.3) is 0 Å². The predicted molar refractivity (Wildman–Crippen MR) is 116 cm³/mol. The van der Waals surface area contributed by atoms with Crippen molar-refractivity contribution in [2.45, 2.75) is 26.0 Å². The summed E-state index contributed by atoms with van der Waals surface area (Å²) in [6.45, 7) is 2.81. The van der Waals surface area contributed by atoms with E-state index < -0.39 is 12.0 Å². The Morgan fingerprint density at radius 2 is 1.87 bits per heavy atom. The van der Waals surface area contributed by atoms with Gasteiger partial charge in [0.25, 0.3) is 5.91 Å². The molecule has 1 aliphatic rings. The van der Waals surface area contributed by atoms with E-state index in [1.807, 2.05) is 49.4 Å². The molecule has 0 spiro atoms. The molecule has 1 atom stereocenters. The largest absolute Gasteiger partial charge is 0.461 e. The van der Waals surface area contributed by atoms with Crippen LogP contribution in [0, 0.1) is 6.92 Å². The highest BCUT2D eigenvalue weighted by Crippen LogP contribution is 2.12. The second-order valence-corrected chi connectivity index (χ2v) is 7.36. The number of hydrogen-bond donors (Lipinski definition) is 2. The Kier molecular flexibility index (Phi) is 7.13. The Bertz CT molecular complexity index is 931. The molecular weight excluding hydrogens is 402 g/mol. The van der Waals surface area contributed by atoms with Gasteiger partial charge in [-0.3, -0.25) is 19.7 Å². The maximum atomic E-state index is 12.5. The summed E-state index contributed by atoms with van der Waals surface area (Å²) in [6, 6.07) is 15.5. The summed E-state index contributed by atoms with van der Waals surface area (Å²) in [5, 5.41) is 5.49. The molecule has 1 aliphatic heterocycles. The van der Waals surface area contributed by atoms with Gasteiger partial charge >= 0.3 is 5.97 Å². The Morgan fingerprint density at radius 1 is 1.17 bits per heavy atom. The third-order valence-electron chi connectivity index (χ3n) is 4.73. The molecule has 30 heavy (non-hydrogen) atoms. The fraction of sp³-hybridized carbons (Fsp3) is 0.273. The van der Waals surface area contributed by atoms with Crippen molar-refractivity contribution >= 4 is 35.1 Å². The molecule has 7 nitrogen and oxygen atoms in total. The van der Waals surface area contributed by atoms with Gasteiger partial charge in [-0.25, -0.2) is 0 Å².